The van der Waals surface area contributed by atoms with Crippen molar-refractivity contribution in [2.24, 2.45) is 11.8 Å². The number of carbonyl (C=O) groups excluding carboxylic acids is 2. The fraction of sp³-hybridized carbons (Fsp3) is 0.483. The molecule has 2 aromatic carbocycles. The van der Waals surface area contributed by atoms with E-state index in [1.807, 2.05) is 42.5 Å². The van der Waals surface area contributed by atoms with E-state index in [1.54, 1.807) is 6.07 Å². The molecule has 206 valence electrons. The number of amides is 2. The minimum atomic E-state index is -1.10. The number of nitrogens with zero attached hydrogens (tertiary/aromatic N) is 1. The second kappa shape index (κ2) is 13.7. The first kappa shape index (κ1) is 29.5. The van der Waals surface area contributed by atoms with Gasteiger partial charge in [0.1, 0.15) is 11.8 Å². The van der Waals surface area contributed by atoms with Crippen LogP contribution in [0.2, 0.25) is 0 Å². The zero-order valence-corrected chi connectivity index (χ0v) is 23.2. The van der Waals surface area contributed by atoms with Gasteiger partial charge in [0.25, 0.3) is 0 Å². The molecule has 1 saturated heterocycles. The number of hydrogen-bond donors (Lipinski definition) is 4. The average Bonchev–Trinajstić information content (AvgIpc) is 2.88. The maximum Gasteiger partial charge on any atom is 0.327 e. The van der Waals surface area contributed by atoms with E-state index >= 15 is 0 Å². The number of aromatic hydroxyl groups is 1. The first-order valence-electron chi connectivity index (χ1n) is 13.0. The van der Waals surface area contributed by atoms with E-state index in [0.717, 1.165) is 30.6 Å². The molecule has 2 aromatic rings. The quantitative estimate of drug-likeness (QED) is 0.241. The standard InChI is InChI=1S/C29H39N3O5S/c1-20-16-32(13-12-29(20,3)24-10-7-11-25(34)15-24)17-23(14-22-8-5-4-6-9-22)27(35)31-26(28(36)37)18-38-19-30-21(2)33/h4-11,15,20,23,26,34H,12-14,16-19H2,1-3H3,(H,30,33)(H,31,35)(H,36,37)/t20-,23-,26+,29+/m0/s1. The van der Waals surface area contributed by atoms with Crippen LogP contribution < -0.4 is 10.6 Å². The lowest BCUT2D eigenvalue weighted by Gasteiger charge is -2.45. The molecule has 38 heavy (non-hydrogen) atoms. The van der Waals surface area contributed by atoms with E-state index < -0.39 is 17.9 Å². The number of thioether (sulfide) groups is 1. The van der Waals surface area contributed by atoms with Crippen molar-refractivity contribution in [2.45, 2.75) is 45.1 Å². The van der Waals surface area contributed by atoms with Crippen LogP contribution in [0.3, 0.4) is 0 Å². The normalized spacial score (nSPS) is 21.3. The molecule has 1 heterocycles. The molecule has 0 aromatic heterocycles. The number of likely N-dealkylation sites (tertiary alicyclic amines) is 1. The largest absolute Gasteiger partial charge is 0.508 e. The number of nitrogens with one attached hydrogen (secondary N) is 2. The van der Waals surface area contributed by atoms with Crippen molar-refractivity contribution >= 4 is 29.5 Å². The Labute approximate surface area is 229 Å². The number of carboxylic acids is 1. The van der Waals surface area contributed by atoms with Gasteiger partial charge in [0, 0.05) is 25.8 Å². The van der Waals surface area contributed by atoms with Crippen LogP contribution in [0.5, 0.6) is 5.75 Å². The number of benzene rings is 2. The summed E-state index contributed by atoms with van der Waals surface area (Å²) in [5.41, 5.74) is 2.05. The van der Waals surface area contributed by atoms with Crippen LogP contribution in [0.1, 0.15) is 38.3 Å². The third kappa shape index (κ3) is 8.23. The minimum Gasteiger partial charge on any atom is -0.508 e. The van der Waals surface area contributed by atoms with Crippen molar-refractivity contribution in [1.29, 1.82) is 0 Å². The highest BCUT2D eigenvalue weighted by atomic mass is 32.2. The summed E-state index contributed by atoms with van der Waals surface area (Å²) in [5.74, 6) is -0.995. The van der Waals surface area contributed by atoms with Gasteiger partial charge in [0.05, 0.1) is 11.8 Å². The minimum absolute atomic E-state index is 0.0913. The van der Waals surface area contributed by atoms with Gasteiger partial charge in [-0.25, -0.2) is 4.79 Å². The van der Waals surface area contributed by atoms with Crippen LogP contribution in [0.4, 0.5) is 0 Å². The smallest absolute Gasteiger partial charge is 0.327 e. The molecule has 4 N–H and O–H groups in total. The second-order valence-corrected chi connectivity index (χ2v) is 11.4. The van der Waals surface area contributed by atoms with Crippen molar-refractivity contribution in [1.82, 2.24) is 15.5 Å². The van der Waals surface area contributed by atoms with E-state index in [4.69, 9.17) is 0 Å². The van der Waals surface area contributed by atoms with Gasteiger partial charge in [-0.15, -0.1) is 11.8 Å². The number of phenols is 1. The van der Waals surface area contributed by atoms with Crippen molar-refractivity contribution in [3.8, 4) is 5.75 Å². The van der Waals surface area contributed by atoms with Crippen LogP contribution >= 0.6 is 11.8 Å². The molecule has 0 unspecified atom stereocenters. The zero-order valence-electron chi connectivity index (χ0n) is 22.4. The van der Waals surface area contributed by atoms with Crippen LogP contribution in [0, 0.1) is 11.8 Å². The molecule has 8 nitrogen and oxygen atoms in total. The van der Waals surface area contributed by atoms with Crippen LogP contribution in [-0.2, 0) is 26.2 Å². The van der Waals surface area contributed by atoms with E-state index in [1.165, 1.54) is 18.7 Å². The van der Waals surface area contributed by atoms with Crippen molar-refractivity contribution < 1.29 is 24.6 Å². The summed E-state index contributed by atoms with van der Waals surface area (Å²) in [7, 11) is 0. The Bertz CT molecular complexity index is 1100. The Morgan fingerprint density at radius 2 is 1.89 bits per heavy atom. The van der Waals surface area contributed by atoms with Gasteiger partial charge in [-0.2, -0.15) is 0 Å². The molecule has 0 radical (unpaired) electrons. The van der Waals surface area contributed by atoms with Gasteiger partial charge in [-0.3, -0.25) is 9.59 Å². The molecule has 2 amide bonds. The molecule has 1 aliphatic heterocycles. The summed E-state index contributed by atoms with van der Waals surface area (Å²) in [6.45, 7) is 7.94. The Balaban J connectivity index is 1.69. The monoisotopic (exact) mass is 541 g/mol. The van der Waals surface area contributed by atoms with Gasteiger partial charge in [0.2, 0.25) is 11.8 Å². The molecule has 0 spiro atoms. The number of phenolic OH excluding ortho intramolecular Hbond substituents is 1. The predicted molar refractivity (Wildman–Crippen MR) is 150 cm³/mol. The third-order valence-electron chi connectivity index (χ3n) is 7.57. The van der Waals surface area contributed by atoms with E-state index in [2.05, 4.69) is 35.4 Å². The number of piperidine rings is 1. The van der Waals surface area contributed by atoms with E-state index in [0.29, 0.717) is 13.0 Å². The molecule has 0 bridgehead atoms. The SMILES string of the molecule is CC(=O)NCSC[C@@H](NC(=O)[C@@H](Cc1ccccc1)CN1CC[C@@](C)(c2cccc(O)c2)[C@@H](C)C1)C(=O)O. The molecule has 1 fully saturated rings. The molecule has 9 heteroatoms. The average molecular weight is 542 g/mol. The number of aliphatic carboxylic acids is 1. The van der Waals surface area contributed by atoms with E-state index in [-0.39, 0.29) is 40.5 Å². The number of carboxylic acid groups (broad SMARTS) is 1. The van der Waals surface area contributed by atoms with Crippen LogP contribution in [0.25, 0.3) is 0 Å². The first-order valence-corrected chi connectivity index (χ1v) is 14.1. The van der Waals surface area contributed by atoms with Crippen molar-refractivity contribution in [3.05, 3.63) is 65.7 Å². The summed E-state index contributed by atoms with van der Waals surface area (Å²) in [4.78, 5) is 38.7. The van der Waals surface area contributed by atoms with Gasteiger partial charge >= 0.3 is 5.97 Å². The fourth-order valence-electron chi connectivity index (χ4n) is 5.02. The summed E-state index contributed by atoms with van der Waals surface area (Å²) in [6.07, 6.45) is 1.39. The highest BCUT2D eigenvalue weighted by Crippen LogP contribution is 2.40. The number of carbonyl (C=O) groups is 3. The summed E-state index contributed by atoms with van der Waals surface area (Å²) in [6, 6.07) is 16.2. The zero-order chi connectivity index (χ0) is 27.7. The maximum absolute atomic E-state index is 13.4. The summed E-state index contributed by atoms with van der Waals surface area (Å²) < 4.78 is 0. The third-order valence-corrected chi connectivity index (χ3v) is 8.49. The molecule has 0 aliphatic carbocycles. The molecular weight excluding hydrogens is 502 g/mol. The highest BCUT2D eigenvalue weighted by molar-refractivity contribution is 7.99. The predicted octanol–water partition coefficient (Wildman–Crippen LogP) is 3.25. The lowest BCUT2D eigenvalue weighted by molar-refractivity contribution is -0.141. The van der Waals surface area contributed by atoms with Crippen molar-refractivity contribution in [2.75, 3.05) is 31.3 Å². The number of hydrogen-bond acceptors (Lipinski definition) is 6. The van der Waals surface area contributed by atoms with E-state index in [9.17, 15) is 24.6 Å². The lowest BCUT2D eigenvalue weighted by Crippen LogP contribution is -2.52. The van der Waals surface area contributed by atoms with Gasteiger partial charge in [-0.1, -0.05) is 56.3 Å². The first-order chi connectivity index (χ1) is 18.1. The Hall–Kier alpha value is -3.04. The topological polar surface area (TPSA) is 119 Å². The molecule has 0 saturated carbocycles. The Morgan fingerprint density at radius 1 is 1.16 bits per heavy atom. The fourth-order valence-corrected chi connectivity index (χ4v) is 5.90. The highest BCUT2D eigenvalue weighted by Gasteiger charge is 2.39. The molecular formula is C29H39N3O5S. The number of rotatable bonds is 12. The van der Waals surface area contributed by atoms with Crippen LogP contribution in [0.15, 0.2) is 54.6 Å². The van der Waals surface area contributed by atoms with Gasteiger partial charge in [0.15, 0.2) is 0 Å². The lowest BCUT2D eigenvalue weighted by atomic mass is 9.68. The van der Waals surface area contributed by atoms with Gasteiger partial charge in [-0.05, 0) is 54.0 Å². The molecule has 1 aliphatic rings. The summed E-state index contributed by atoms with van der Waals surface area (Å²) >= 11 is 1.25. The second-order valence-electron chi connectivity index (χ2n) is 10.4. The maximum atomic E-state index is 13.4. The van der Waals surface area contributed by atoms with Crippen molar-refractivity contribution in [3.63, 3.8) is 0 Å². The molecule has 3 rings (SSSR count). The summed E-state index contributed by atoms with van der Waals surface area (Å²) in [5, 5.41) is 25.1. The Kier molecular flexibility index (Phi) is 10.6. The van der Waals surface area contributed by atoms with Crippen LogP contribution in [-0.4, -0.2) is 70.2 Å². The molecule has 4 atom stereocenters. The Morgan fingerprint density at radius 3 is 2.53 bits per heavy atom. The van der Waals surface area contributed by atoms with Gasteiger partial charge < -0.3 is 25.7 Å².